The topological polar surface area (TPSA) is 59.4 Å². The molecule has 168 valence electrons. The van der Waals surface area contributed by atoms with Crippen LogP contribution in [-0.4, -0.2) is 51.7 Å². The van der Waals surface area contributed by atoms with Crippen LogP contribution in [0.15, 0.2) is 30.3 Å². The maximum Gasteiger partial charge on any atom is 0.463 e. The molecule has 31 heavy (non-hydrogen) atoms. The number of alkyl halides is 3. The molecule has 1 aromatic heterocycles. The number of rotatable bonds is 9. The summed E-state index contributed by atoms with van der Waals surface area (Å²) in [5, 5.41) is 6.53. The number of anilines is 1. The maximum absolute atomic E-state index is 12.8. The smallest absolute Gasteiger partial charge is 0.463 e. The van der Waals surface area contributed by atoms with Crippen LogP contribution in [0.25, 0.3) is 0 Å². The minimum Gasteiger partial charge on any atom is -0.492 e. The van der Waals surface area contributed by atoms with E-state index in [-0.39, 0.29) is 36.0 Å². The molecule has 2 aromatic rings. The summed E-state index contributed by atoms with van der Waals surface area (Å²) in [5.41, 5.74) is -3.15. The number of halogens is 3. The van der Waals surface area contributed by atoms with Crippen molar-refractivity contribution in [2.45, 2.75) is 43.5 Å². The SMILES string of the molecule is O=C(Cc1ccc(OCCN2CCCC2)cc1)Nc1cc(C2CC2)n(SC(F)(F)F)n1. The number of benzene rings is 1. The van der Waals surface area contributed by atoms with Crippen molar-refractivity contribution in [1.29, 1.82) is 0 Å². The number of nitrogens with one attached hydrogen (secondary N) is 1. The normalized spacial score (nSPS) is 17.1. The van der Waals surface area contributed by atoms with Gasteiger partial charge in [-0.25, -0.2) is 4.09 Å². The average Bonchev–Trinajstić information content (AvgIpc) is 3.27. The summed E-state index contributed by atoms with van der Waals surface area (Å²) in [4.78, 5) is 14.7. The maximum atomic E-state index is 12.8. The minimum absolute atomic E-state index is 0.0750. The second kappa shape index (κ2) is 9.52. The highest BCUT2D eigenvalue weighted by Gasteiger charge is 2.36. The Hall–Kier alpha value is -2.20. The van der Waals surface area contributed by atoms with Crippen molar-refractivity contribution in [2.75, 3.05) is 31.6 Å². The number of aromatic nitrogens is 2. The highest BCUT2D eigenvalue weighted by Crippen LogP contribution is 2.44. The number of carbonyl (C=O) groups is 1. The molecule has 1 saturated carbocycles. The lowest BCUT2D eigenvalue weighted by Gasteiger charge is -2.15. The van der Waals surface area contributed by atoms with Crippen LogP contribution in [0, 0.1) is 0 Å². The zero-order chi connectivity index (χ0) is 21.8. The highest BCUT2D eigenvalue weighted by atomic mass is 32.2. The summed E-state index contributed by atoms with van der Waals surface area (Å²) in [6.45, 7) is 3.80. The van der Waals surface area contributed by atoms with Gasteiger partial charge in [-0.2, -0.15) is 13.2 Å². The van der Waals surface area contributed by atoms with Gasteiger partial charge in [0.2, 0.25) is 5.91 Å². The van der Waals surface area contributed by atoms with E-state index in [9.17, 15) is 18.0 Å². The molecule has 1 aliphatic heterocycles. The number of amides is 1. The van der Waals surface area contributed by atoms with Crippen LogP contribution in [0.2, 0.25) is 0 Å². The standard InChI is InChI=1S/C21H25F3N4O2S/c22-21(23,24)31-28-18(16-5-6-16)14-19(26-28)25-20(29)13-15-3-7-17(8-4-15)30-12-11-27-9-1-2-10-27/h3-4,7-8,14,16H,1-2,5-6,9-13H2,(H,25,26,29). The molecule has 1 saturated heterocycles. The average molecular weight is 455 g/mol. The molecular weight excluding hydrogens is 429 g/mol. The van der Waals surface area contributed by atoms with Crippen LogP contribution in [0.4, 0.5) is 19.0 Å². The molecular formula is C21H25F3N4O2S. The molecule has 2 fully saturated rings. The molecule has 2 aliphatic rings. The highest BCUT2D eigenvalue weighted by molar-refractivity contribution is 7.98. The number of likely N-dealkylation sites (tertiary alicyclic amines) is 1. The Balaban J connectivity index is 1.28. The van der Waals surface area contributed by atoms with Crippen molar-refractivity contribution < 1.29 is 22.7 Å². The van der Waals surface area contributed by atoms with Crippen molar-refractivity contribution in [3.63, 3.8) is 0 Å². The molecule has 10 heteroatoms. The van der Waals surface area contributed by atoms with E-state index in [1.165, 1.54) is 18.9 Å². The van der Waals surface area contributed by atoms with Gasteiger partial charge in [-0.05, 0) is 56.5 Å². The van der Waals surface area contributed by atoms with Gasteiger partial charge >= 0.3 is 5.51 Å². The van der Waals surface area contributed by atoms with Gasteiger partial charge in [0.25, 0.3) is 0 Å². The summed E-state index contributed by atoms with van der Waals surface area (Å²) < 4.78 is 44.9. The van der Waals surface area contributed by atoms with Crippen molar-refractivity contribution >= 4 is 23.7 Å². The first-order valence-corrected chi connectivity index (χ1v) is 11.2. The van der Waals surface area contributed by atoms with E-state index >= 15 is 0 Å². The zero-order valence-corrected chi connectivity index (χ0v) is 17.8. The molecule has 0 spiro atoms. The van der Waals surface area contributed by atoms with Gasteiger partial charge in [-0.3, -0.25) is 9.69 Å². The Bertz CT molecular complexity index is 891. The number of carbonyl (C=O) groups excluding carboxylic acids is 1. The van der Waals surface area contributed by atoms with Crippen LogP contribution in [0.3, 0.4) is 0 Å². The van der Waals surface area contributed by atoms with Gasteiger partial charge in [0, 0.05) is 18.5 Å². The summed E-state index contributed by atoms with van der Waals surface area (Å²) in [7, 11) is 0. The Morgan fingerprint density at radius 3 is 2.55 bits per heavy atom. The van der Waals surface area contributed by atoms with Crippen molar-refractivity contribution in [3.05, 3.63) is 41.6 Å². The molecule has 2 heterocycles. The number of hydrogen-bond donors (Lipinski definition) is 1. The van der Waals surface area contributed by atoms with E-state index in [1.54, 1.807) is 0 Å². The number of hydrogen-bond acceptors (Lipinski definition) is 5. The fourth-order valence-corrected chi connectivity index (χ4v) is 4.27. The second-order valence-electron chi connectivity index (χ2n) is 7.90. The monoisotopic (exact) mass is 454 g/mol. The van der Waals surface area contributed by atoms with Crippen LogP contribution in [0.5, 0.6) is 5.75 Å². The van der Waals surface area contributed by atoms with Crippen molar-refractivity contribution in [3.8, 4) is 5.75 Å². The Morgan fingerprint density at radius 2 is 1.90 bits per heavy atom. The molecule has 0 bridgehead atoms. The van der Waals surface area contributed by atoms with E-state index in [1.807, 2.05) is 24.3 Å². The molecule has 4 rings (SSSR count). The van der Waals surface area contributed by atoms with E-state index in [4.69, 9.17) is 4.74 Å². The van der Waals surface area contributed by atoms with E-state index in [0.717, 1.165) is 47.9 Å². The lowest BCUT2D eigenvalue weighted by atomic mass is 10.1. The van der Waals surface area contributed by atoms with Crippen molar-refractivity contribution in [1.82, 2.24) is 14.1 Å². The quantitative estimate of drug-likeness (QED) is 0.607. The van der Waals surface area contributed by atoms with Crippen LogP contribution >= 0.6 is 11.9 Å². The fourth-order valence-electron chi connectivity index (χ4n) is 3.64. The van der Waals surface area contributed by atoms with E-state index in [0.29, 0.717) is 12.3 Å². The summed E-state index contributed by atoms with van der Waals surface area (Å²) in [5.74, 6) is 0.642. The third-order valence-corrected chi connectivity index (χ3v) is 5.99. The minimum atomic E-state index is -4.44. The van der Waals surface area contributed by atoms with Gasteiger partial charge in [0.05, 0.1) is 24.1 Å². The molecule has 1 aromatic carbocycles. The van der Waals surface area contributed by atoms with Gasteiger partial charge in [0.15, 0.2) is 5.82 Å². The molecule has 0 atom stereocenters. The lowest BCUT2D eigenvalue weighted by molar-refractivity contribution is -0.115. The van der Waals surface area contributed by atoms with E-state index < -0.39 is 5.51 Å². The fraction of sp³-hybridized carbons (Fsp3) is 0.524. The summed E-state index contributed by atoms with van der Waals surface area (Å²) in [6, 6.07) is 8.82. The van der Waals surface area contributed by atoms with Gasteiger partial charge in [0.1, 0.15) is 12.4 Å². The molecule has 1 aliphatic carbocycles. The first-order valence-electron chi connectivity index (χ1n) is 10.5. The first kappa shape index (κ1) is 22.0. The second-order valence-corrected chi connectivity index (χ2v) is 8.90. The first-order chi connectivity index (χ1) is 14.9. The number of ether oxygens (including phenoxy) is 1. The van der Waals surface area contributed by atoms with Crippen LogP contribution in [0.1, 0.15) is 42.9 Å². The van der Waals surface area contributed by atoms with Crippen molar-refractivity contribution in [2.24, 2.45) is 0 Å². The van der Waals surface area contributed by atoms with Gasteiger partial charge in [-0.15, -0.1) is 5.10 Å². The molecule has 1 N–H and O–H groups in total. The lowest BCUT2D eigenvalue weighted by Crippen LogP contribution is -2.25. The van der Waals surface area contributed by atoms with E-state index in [2.05, 4.69) is 15.3 Å². The van der Waals surface area contributed by atoms with Gasteiger partial charge in [-0.1, -0.05) is 12.1 Å². The number of nitrogens with zero attached hydrogens (tertiary/aromatic N) is 3. The molecule has 0 unspecified atom stereocenters. The predicted octanol–water partition coefficient (Wildman–Crippen LogP) is 4.43. The third-order valence-electron chi connectivity index (χ3n) is 5.32. The zero-order valence-electron chi connectivity index (χ0n) is 17.0. The summed E-state index contributed by atoms with van der Waals surface area (Å²) in [6.07, 6.45) is 4.28. The largest absolute Gasteiger partial charge is 0.492 e. The Kier molecular flexibility index (Phi) is 6.76. The Labute approximate surface area is 183 Å². The molecule has 1 amide bonds. The van der Waals surface area contributed by atoms with Crippen LogP contribution < -0.4 is 10.1 Å². The molecule has 6 nitrogen and oxygen atoms in total. The molecule has 0 radical (unpaired) electrons. The third kappa shape index (κ3) is 6.64. The Morgan fingerprint density at radius 1 is 1.19 bits per heavy atom. The summed E-state index contributed by atoms with van der Waals surface area (Å²) >= 11 is -0.299. The van der Waals surface area contributed by atoms with Crippen LogP contribution in [-0.2, 0) is 11.2 Å². The predicted molar refractivity (Wildman–Crippen MR) is 113 cm³/mol. The van der Waals surface area contributed by atoms with Gasteiger partial charge < -0.3 is 10.1 Å².